The first-order valence-corrected chi connectivity index (χ1v) is 8.76. The van der Waals surface area contributed by atoms with Crippen LogP contribution in [-0.4, -0.2) is 15.5 Å². The van der Waals surface area contributed by atoms with Crippen LogP contribution in [0.25, 0.3) is 0 Å². The Kier molecular flexibility index (Phi) is 5.03. The van der Waals surface area contributed by atoms with Gasteiger partial charge in [0.25, 0.3) is 0 Å². The molecule has 6 heteroatoms. The Morgan fingerprint density at radius 1 is 1.05 bits per heavy atom. The molecule has 112 valence electrons. The quantitative estimate of drug-likeness (QED) is 0.848. The molecule has 0 amide bonds. The van der Waals surface area contributed by atoms with Gasteiger partial charge in [-0.15, -0.1) is 0 Å². The molecule has 1 unspecified atom stereocenters. The van der Waals surface area contributed by atoms with E-state index in [0.29, 0.717) is 0 Å². The SMILES string of the molecule is CNS(=O)(=O)c1ccc(NC(C)c2ccccc2Br)cc1. The third kappa shape index (κ3) is 3.84. The van der Waals surface area contributed by atoms with E-state index in [-0.39, 0.29) is 10.9 Å². The number of nitrogens with one attached hydrogen (secondary N) is 2. The highest BCUT2D eigenvalue weighted by Gasteiger charge is 2.12. The van der Waals surface area contributed by atoms with Crippen molar-refractivity contribution in [1.82, 2.24) is 4.72 Å². The van der Waals surface area contributed by atoms with E-state index in [4.69, 9.17) is 0 Å². The normalized spacial score (nSPS) is 12.9. The van der Waals surface area contributed by atoms with Crippen molar-refractivity contribution in [2.45, 2.75) is 17.9 Å². The van der Waals surface area contributed by atoms with Gasteiger partial charge in [-0.3, -0.25) is 0 Å². The lowest BCUT2D eigenvalue weighted by Gasteiger charge is -2.17. The summed E-state index contributed by atoms with van der Waals surface area (Å²) >= 11 is 3.53. The van der Waals surface area contributed by atoms with Crippen molar-refractivity contribution in [1.29, 1.82) is 0 Å². The van der Waals surface area contributed by atoms with Gasteiger partial charge >= 0.3 is 0 Å². The fraction of sp³-hybridized carbons (Fsp3) is 0.200. The van der Waals surface area contributed by atoms with Crippen molar-refractivity contribution in [3.63, 3.8) is 0 Å². The molecule has 0 fully saturated rings. The van der Waals surface area contributed by atoms with Crippen LogP contribution in [0.15, 0.2) is 57.9 Å². The zero-order valence-corrected chi connectivity index (χ0v) is 14.2. The molecule has 0 aromatic heterocycles. The summed E-state index contributed by atoms with van der Waals surface area (Å²) in [6, 6.07) is 14.8. The molecule has 1 atom stereocenters. The second kappa shape index (κ2) is 6.60. The van der Waals surface area contributed by atoms with E-state index >= 15 is 0 Å². The summed E-state index contributed by atoms with van der Waals surface area (Å²) in [5.41, 5.74) is 2.01. The molecule has 0 aliphatic rings. The monoisotopic (exact) mass is 368 g/mol. The molecule has 0 saturated carbocycles. The average molecular weight is 369 g/mol. The summed E-state index contributed by atoms with van der Waals surface area (Å²) in [6.07, 6.45) is 0. The van der Waals surface area contributed by atoms with Gasteiger partial charge in [0.05, 0.1) is 4.90 Å². The third-order valence-electron chi connectivity index (χ3n) is 3.19. The maximum absolute atomic E-state index is 11.7. The second-order valence-electron chi connectivity index (χ2n) is 4.62. The Bertz CT molecular complexity index is 715. The van der Waals surface area contributed by atoms with Gasteiger partial charge in [0, 0.05) is 16.2 Å². The van der Waals surface area contributed by atoms with Crippen molar-refractivity contribution in [2.75, 3.05) is 12.4 Å². The summed E-state index contributed by atoms with van der Waals surface area (Å²) in [5, 5.41) is 3.35. The average Bonchev–Trinajstić information content (AvgIpc) is 2.48. The van der Waals surface area contributed by atoms with Crippen molar-refractivity contribution >= 4 is 31.6 Å². The summed E-state index contributed by atoms with van der Waals surface area (Å²) in [6.45, 7) is 2.05. The molecule has 0 spiro atoms. The molecule has 2 N–H and O–H groups in total. The van der Waals surface area contributed by atoms with E-state index in [1.807, 2.05) is 24.3 Å². The zero-order valence-electron chi connectivity index (χ0n) is 11.8. The standard InChI is InChI=1S/C15H17BrN2O2S/c1-11(14-5-3-4-6-15(14)16)18-12-7-9-13(10-8-12)21(19,20)17-2/h3-11,17-18H,1-2H3. The van der Waals surface area contributed by atoms with Crippen LogP contribution in [0, 0.1) is 0 Å². The van der Waals surface area contributed by atoms with E-state index < -0.39 is 10.0 Å². The van der Waals surface area contributed by atoms with Crippen LogP contribution in [0.3, 0.4) is 0 Å². The molecule has 0 aliphatic carbocycles. The van der Waals surface area contributed by atoms with E-state index in [0.717, 1.165) is 15.7 Å². The lowest BCUT2D eigenvalue weighted by Crippen LogP contribution is -2.18. The lowest BCUT2D eigenvalue weighted by molar-refractivity contribution is 0.588. The van der Waals surface area contributed by atoms with Crippen LogP contribution in [0.2, 0.25) is 0 Å². The maximum atomic E-state index is 11.7. The van der Waals surface area contributed by atoms with E-state index in [2.05, 4.69) is 32.9 Å². The Hall–Kier alpha value is -1.37. The summed E-state index contributed by atoms with van der Waals surface area (Å²) in [5.74, 6) is 0. The highest BCUT2D eigenvalue weighted by Crippen LogP contribution is 2.26. The largest absolute Gasteiger partial charge is 0.378 e. The zero-order chi connectivity index (χ0) is 15.5. The van der Waals surface area contributed by atoms with Crippen molar-refractivity contribution in [2.24, 2.45) is 0 Å². The van der Waals surface area contributed by atoms with Gasteiger partial charge in [0.2, 0.25) is 10.0 Å². The molecule has 0 heterocycles. The molecule has 2 aromatic carbocycles. The number of hydrogen-bond acceptors (Lipinski definition) is 3. The van der Waals surface area contributed by atoms with Crippen LogP contribution in [-0.2, 0) is 10.0 Å². The van der Waals surface area contributed by atoms with Crippen molar-refractivity contribution in [3.05, 3.63) is 58.6 Å². The van der Waals surface area contributed by atoms with Gasteiger partial charge in [-0.2, -0.15) is 0 Å². The van der Waals surface area contributed by atoms with Crippen molar-refractivity contribution < 1.29 is 8.42 Å². The predicted octanol–water partition coefficient (Wildman–Crippen LogP) is 3.53. The van der Waals surface area contributed by atoms with E-state index in [1.54, 1.807) is 24.3 Å². The van der Waals surface area contributed by atoms with Gasteiger partial charge in [-0.1, -0.05) is 34.1 Å². The fourth-order valence-corrected chi connectivity index (χ4v) is 3.36. The Balaban J connectivity index is 2.16. The van der Waals surface area contributed by atoms with E-state index in [1.165, 1.54) is 7.05 Å². The highest BCUT2D eigenvalue weighted by molar-refractivity contribution is 9.10. The first-order chi connectivity index (χ1) is 9.94. The van der Waals surface area contributed by atoms with Gasteiger partial charge < -0.3 is 5.32 Å². The van der Waals surface area contributed by atoms with Crippen LogP contribution in [0.1, 0.15) is 18.5 Å². The Labute approximate surface area is 133 Å². The number of sulfonamides is 1. The summed E-state index contributed by atoms with van der Waals surface area (Å²) < 4.78 is 26.7. The lowest BCUT2D eigenvalue weighted by atomic mass is 10.1. The minimum atomic E-state index is -3.39. The molecule has 4 nitrogen and oxygen atoms in total. The fourth-order valence-electron chi connectivity index (χ4n) is 2.00. The second-order valence-corrected chi connectivity index (χ2v) is 7.36. The number of benzene rings is 2. The topological polar surface area (TPSA) is 58.2 Å². The highest BCUT2D eigenvalue weighted by atomic mass is 79.9. The van der Waals surface area contributed by atoms with Gasteiger partial charge in [-0.25, -0.2) is 13.1 Å². The maximum Gasteiger partial charge on any atom is 0.240 e. The minimum absolute atomic E-state index is 0.104. The molecule has 2 rings (SSSR count). The predicted molar refractivity (Wildman–Crippen MR) is 88.9 cm³/mol. The van der Waals surface area contributed by atoms with Gasteiger partial charge in [0.1, 0.15) is 0 Å². The molecule has 0 radical (unpaired) electrons. The number of rotatable bonds is 5. The Morgan fingerprint density at radius 2 is 1.67 bits per heavy atom. The molecule has 2 aromatic rings. The molecule has 0 bridgehead atoms. The van der Waals surface area contributed by atoms with Gasteiger partial charge in [0.15, 0.2) is 0 Å². The Morgan fingerprint density at radius 3 is 2.24 bits per heavy atom. The molecule has 21 heavy (non-hydrogen) atoms. The number of halogens is 1. The van der Waals surface area contributed by atoms with Crippen LogP contribution < -0.4 is 10.0 Å². The number of anilines is 1. The third-order valence-corrected chi connectivity index (χ3v) is 5.34. The van der Waals surface area contributed by atoms with Crippen LogP contribution in [0.4, 0.5) is 5.69 Å². The minimum Gasteiger partial charge on any atom is -0.378 e. The first-order valence-electron chi connectivity index (χ1n) is 6.48. The summed E-state index contributed by atoms with van der Waals surface area (Å²) in [7, 11) is -1.99. The van der Waals surface area contributed by atoms with Crippen LogP contribution in [0.5, 0.6) is 0 Å². The smallest absolute Gasteiger partial charge is 0.240 e. The van der Waals surface area contributed by atoms with Gasteiger partial charge in [-0.05, 0) is 49.9 Å². The van der Waals surface area contributed by atoms with Crippen LogP contribution >= 0.6 is 15.9 Å². The molecule has 0 saturated heterocycles. The van der Waals surface area contributed by atoms with E-state index in [9.17, 15) is 8.42 Å². The van der Waals surface area contributed by atoms with Crippen molar-refractivity contribution in [3.8, 4) is 0 Å². The summed E-state index contributed by atoms with van der Waals surface area (Å²) in [4.78, 5) is 0.254. The number of hydrogen-bond donors (Lipinski definition) is 2. The molecular weight excluding hydrogens is 352 g/mol. The molecule has 0 aliphatic heterocycles. The first kappa shape index (κ1) is 16.0. The molecular formula is C15H17BrN2O2S.